The molecule has 0 radical (unpaired) electrons. The van der Waals surface area contributed by atoms with Gasteiger partial charge in [0.2, 0.25) is 0 Å². The largest absolute Gasteiger partial charge is 0.377 e. The van der Waals surface area contributed by atoms with E-state index in [4.69, 9.17) is 4.74 Å². The van der Waals surface area contributed by atoms with Crippen LogP contribution < -0.4 is 10.6 Å². The lowest BCUT2D eigenvalue weighted by Gasteiger charge is -2.22. The van der Waals surface area contributed by atoms with Gasteiger partial charge in [-0.15, -0.1) is 11.3 Å². The van der Waals surface area contributed by atoms with Crippen LogP contribution in [0.25, 0.3) is 0 Å². The molecule has 1 fully saturated rings. The fourth-order valence-corrected chi connectivity index (χ4v) is 3.24. The maximum atomic E-state index is 5.86. The molecule has 4 heteroatoms. The van der Waals surface area contributed by atoms with Crippen molar-refractivity contribution < 1.29 is 4.74 Å². The Bertz CT molecular complexity index is 334. The summed E-state index contributed by atoms with van der Waals surface area (Å²) in [5.74, 6) is 0. The van der Waals surface area contributed by atoms with Gasteiger partial charge in [0.25, 0.3) is 0 Å². The van der Waals surface area contributed by atoms with Gasteiger partial charge in [-0.1, -0.05) is 6.92 Å². The number of aryl methyl sites for hydroxylation is 1. The Labute approximate surface area is 114 Å². The van der Waals surface area contributed by atoms with Gasteiger partial charge in [0, 0.05) is 18.0 Å². The normalized spacial score (nSPS) is 17.2. The van der Waals surface area contributed by atoms with Crippen molar-refractivity contribution in [3.63, 3.8) is 0 Å². The second-order valence-electron chi connectivity index (χ2n) is 4.72. The number of ether oxygens (including phenoxy) is 1. The Hall–Kier alpha value is -0.420. The van der Waals surface area contributed by atoms with E-state index in [1.54, 1.807) is 0 Å². The van der Waals surface area contributed by atoms with Crippen molar-refractivity contribution in [1.82, 2.24) is 10.6 Å². The van der Waals surface area contributed by atoms with Gasteiger partial charge in [-0.25, -0.2) is 0 Å². The summed E-state index contributed by atoms with van der Waals surface area (Å²) in [7, 11) is 0. The van der Waals surface area contributed by atoms with E-state index in [1.807, 2.05) is 11.3 Å². The highest BCUT2D eigenvalue weighted by molar-refractivity contribution is 7.10. The molecule has 1 aliphatic heterocycles. The van der Waals surface area contributed by atoms with Crippen LogP contribution in [0.4, 0.5) is 0 Å². The molecule has 1 aromatic heterocycles. The van der Waals surface area contributed by atoms with Crippen molar-refractivity contribution in [2.75, 3.05) is 26.2 Å². The van der Waals surface area contributed by atoms with Gasteiger partial charge >= 0.3 is 0 Å². The molecule has 3 nitrogen and oxygen atoms in total. The van der Waals surface area contributed by atoms with Gasteiger partial charge in [-0.2, -0.15) is 0 Å². The molecule has 1 saturated heterocycles. The molecule has 0 aromatic carbocycles. The van der Waals surface area contributed by atoms with Crippen molar-refractivity contribution in [3.8, 4) is 0 Å². The van der Waals surface area contributed by atoms with E-state index >= 15 is 0 Å². The van der Waals surface area contributed by atoms with Crippen LogP contribution in [0.5, 0.6) is 0 Å². The second kappa shape index (κ2) is 7.89. The maximum Gasteiger partial charge on any atom is 0.0600 e. The summed E-state index contributed by atoms with van der Waals surface area (Å²) in [5.41, 5.74) is 1.48. The summed E-state index contributed by atoms with van der Waals surface area (Å²) in [5, 5.41) is 9.01. The van der Waals surface area contributed by atoms with E-state index in [9.17, 15) is 0 Å². The molecule has 0 saturated carbocycles. The average molecular weight is 268 g/mol. The average Bonchev–Trinajstić information content (AvgIpc) is 2.87. The van der Waals surface area contributed by atoms with Crippen LogP contribution in [0.1, 0.15) is 30.2 Å². The molecule has 0 atom stereocenters. The molecule has 2 rings (SSSR count). The summed E-state index contributed by atoms with van der Waals surface area (Å²) in [4.78, 5) is 1.47. The van der Waals surface area contributed by atoms with Crippen LogP contribution in [0.2, 0.25) is 0 Å². The van der Waals surface area contributed by atoms with Crippen molar-refractivity contribution in [3.05, 3.63) is 21.9 Å². The Morgan fingerprint density at radius 2 is 2.28 bits per heavy atom. The van der Waals surface area contributed by atoms with Crippen LogP contribution in [0.3, 0.4) is 0 Å². The predicted octanol–water partition coefficient (Wildman–Crippen LogP) is 2.17. The molecule has 1 aliphatic rings. The van der Waals surface area contributed by atoms with E-state index in [1.165, 1.54) is 10.4 Å². The third kappa shape index (κ3) is 4.35. The third-order valence-electron chi connectivity index (χ3n) is 3.42. The summed E-state index contributed by atoms with van der Waals surface area (Å²) >= 11 is 1.85. The fraction of sp³-hybridized carbons (Fsp3) is 0.714. The number of nitrogens with one attached hydrogen (secondary N) is 2. The van der Waals surface area contributed by atoms with E-state index in [-0.39, 0.29) is 0 Å². The van der Waals surface area contributed by atoms with Gasteiger partial charge in [-0.3, -0.25) is 0 Å². The number of hydrogen-bond acceptors (Lipinski definition) is 4. The third-order valence-corrected chi connectivity index (χ3v) is 4.39. The Morgan fingerprint density at radius 1 is 1.44 bits per heavy atom. The highest BCUT2D eigenvalue weighted by atomic mass is 32.1. The van der Waals surface area contributed by atoms with Gasteiger partial charge in [0.15, 0.2) is 0 Å². The molecule has 1 aromatic rings. The molecular formula is C14H24N2OS. The lowest BCUT2D eigenvalue weighted by Crippen LogP contribution is -2.33. The molecule has 102 valence electrons. The van der Waals surface area contributed by atoms with Gasteiger partial charge in [0.1, 0.15) is 0 Å². The van der Waals surface area contributed by atoms with E-state index in [0.717, 1.165) is 52.0 Å². The van der Waals surface area contributed by atoms with Crippen molar-refractivity contribution in [2.45, 2.75) is 38.8 Å². The van der Waals surface area contributed by atoms with Crippen LogP contribution in [0.15, 0.2) is 11.4 Å². The Morgan fingerprint density at radius 3 is 3.06 bits per heavy atom. The minimum Gasteiger partial charge on any atom is -0.377 e. The summed E-state index contributed by atoms with van der Waals surface area (Å²) in [6.45, 7) is 7.19. The zero-order chi connectivity index (χ0) is 12.6. The Balaban J connectivity index is 1.55. The molecule has 2 N–H and O–H groups in total. The first-order valence-corrected chi connectivity index (χ1v) is 7.86. The maximum absolute atomic E-state index is 5.86. The fourth-order valence-electron chi connectivity index (χ4n) is 2.30. The van der Waals surface area contributed by atoms with E-state index in [2.05, 4.69) is 29.0 Å². The van der Waals surface area contributed by atoms with E-state index < -0.39 is 0 Å². The zero-order valence-electron chi connectivity index (χ0n) is 11.2. The van der Waals surface area contributed by atoms with Crippen LogP contribution in [0, 0.1) is 0 Å². The lowest BCUT2D eigenvalue weighted by molar-refractivity contribution is 0.0348. The molecule has 0 spiro atoms. The first-order chi connectivity index (χ1) is 8.90. The monoisotopic (exact) mass is 268 g/mol. The summed E-state index contributed by atoms with van der Waals surface area (Å²) in [6.07, 6.45) is 3.92. The lowest BCUT2D eigenvalue weighted by atomic mass is 10.1. The number of piperidine rings is 1. The molecule has 0 aliphatic carbocycles. The molecule has 0 bridgehead atoms. The van der Waals surface area contributed by atoms with Crippen molar-refractivity contribution in [2.24, 2.45) is 0 Å². The Kier molecular flexibility index (Phi) is 6.14. The standard InChI is InChI=1S/C14H24N2OS/c1-2-12-5-10-18-14(12)11-16-8-9-17-13-3-6-15-7-4-13/h5,10,13,15-16H,2-4,6-9,11H2,1H3. The quantitative estimate of drug-likeness (QED) is 0.744. The topological polar surface area (TPSA) is 33.3 Å². The molecule has 2 heterocycles. The SMILES string of the molecule is CCc1ccsc1CNCCOC1CCNCC1. The number of rotatable bonds is 7. The molecular weight excluding hydrogens is 244 g/mol. The predicted molar refractivity (Wildman–Crippen MR) is 77.2 cm³/mol. The molecule has 18 heavy (non-hydrogen) atoms. The van der Waals surface area contributed by atoms with Crippen molar-refractivity contribution in [1.29, 1.82) is 0 Å². The van der Waals surface area contributed by atoms with Crippen LogP contribution in [-0.2, 0) is 17.7 Å². The summed E-state index contributed by atoms with van der Waals surface area (Å²) < 4.78 is 5.86. The highest BCUT2D eigenvalue weighted by Crippen LogP contribution is 2.16. The van der Waals surface area contributed by atoms with Gasteiger partial charge < -0.3 is 15.4 Å². The minimum absolute atomic E-state index is 0.473. The summed E-state index contributed by atoms with van der Waals surface area (Å²) in [6, 6.07) is 2.23. The van der Waals surface area contributed by atoms with E-state index in [0.29, 0.717) is 6.10 Å². The van der Waals surface area contributed by atoms with Gasteiger partial charge in [0.05, 0.1) is 12.7 Å². The minimum atomic E-state index is 0.473. The zero-order valence-corrected chi connectivity index (χ0v) is 12.0. The van der Waals surface area contributed by atoms with Crippen LogP contribution in [-0.4, -0.2) is 32.3 Å². The first kappa shape index (κ1) is 14.0. The number of hydrogen-bond donors (Lipinski definition) is 2. The van der Waals surface area contributed by atoms with Crippen LogP contribution >= 0.6 is 11.3 Å². The second-order valence-corrected chi connectivity index (χ2v) is 5.72. The molecule has 0 amide bonds. The van der Waals surface area contributed by atoms with Crippen molar-refractivity contribution >= 4 is 11.3 Å². The smallest absolute Gasteiger partial charge is 0.0600 e. The van der Waals surface area contributed by atoms with Gasteiger partial charge in [-0.05, 0) is 49.4 Å². The first-order valence-electron chi connectivity index (χ1n) is 6.98. The molecule has 0 unspecified atom stereocenters. The highest BCUT2D eigenvalue weighted by Gasteiger charge is 2.12. The number of thiophene rings is 1.